The molecule has 1 fully saturated rings. The predicted octanol–water partition coefficient (Wildman–Crippen LogP) is 3.05. The number of rotatable bonds is 4. The first-order chi connectivity index (χ1) is 9.29. The first-order valence-corrected chi connectivity index (χ1v) is 7.52. The van der Waals surface area contributed by atoms with E-state index in [0.717, 1.165) is 38.3 Å². The van der Waals surface area contributed by atoms with Crippen LogP contribution in [0, 0.1) is 0 Å². The van der Waals surface area contributed by atoms with Crippen LogP contribution in [0.4, 0.5) is 5.69 Å². The van der Waals surface area contributed by atoms with Crippen LogP contribution in [0.3, 0.4) is 0 Å². The van der Waals surface area contributed by atoms with Crippen LogP contribution in [0.1, 0.15) is 33.1 Å². The SMILES string of the molecule is CCC(C)Oc1cccc(N2CCCNCCC2)c1. The van der Waals surface area contributed by atoms with E-state index in [4.69, 9.17) is 4.74 Å². The Bertz CT molecular complexity index is 373. The topological polar surface area (TPSA) is 24.5 Å². The van der Waals surface area contributed by atoms with Crippen LogP contribution < -0.4 is 15.0 Å². The predicted molar refractivity (Wildman–Crippen MR) is 81.1 cm³/mol. The lowest BCUT2D eigenvalue weighted by atomic mass is 10.2. The van der Waals surface area contributed by atoms with Crippen molar-refractivity contribution >= 4 is 5.69 Å². The maximum atomic E-state index is 5.91. The fraction of sp³-hybridized carbons (Fsp3) is 0.625. The van der Waals surface area contributed by atoms with Gasteiger partial charge < -0.3 is 15.0 Å². The molecule has 1 N–H and O–H groups in total. The molecule has 3 heteroatoms. The molecule has 1 aliphatic heterocycles. The molecule has 1 unspecified atom stereocenters. The van der Waals surface area contributed by atoms with Crippen molar-refractivity contribution in [3.8, 4) is 5.75 Å². The molecule has 0 spiro atoms. The smallest absolute Gasteiger partial charge is 0.121 e. The fourth-order valence-corrected chi connectivity index (χ4v) is 2.35. The number of hydrogen-bond donors (Lipinski definition) is 1. The van der Waals surface area contributed by atoms with Crippen molar-refractivity contribution in [2.24, 2.45) is 0 Å². The molecule has 1 heterocycles. The minimum absolute atomic E-state index is 0.284. The largest absolute Gasteiger partial charge is 0.491 e. The molecule has 0 aromatic heterocycles. The average molecular weight is 262 g/mol. The number of benzene rings is 1. The van der Waals surface area contributed by atoms with Crippen molar-refractivity contribution in [2.45, 2.75) is 39.2 Å². The Morgan fingerprint density at radius 1 is 1.26 bits per heavy atom. The van der Waals surface area contributed by atoms with Crippen molar-refractivity contribution in [3.63, 3.8) is 0 Å². The third-order valence-corrected chi connectivity index (χ3v) is 3.66. The normalized spacial score (nSPS) is 18.5. The Balaban J connectivity index is 2.03. The Kier molecular flexibility index (Phi) is 5.52. The molecule has 1 aliphatic rings. The summed E-state index contributed by atoms with van der Waals surface area (Å²) in [5.41, 5.74) is 1.29. The highest BCUT2D eigenvalue weighted by Gasteiger charge is 2.10. The minimum atomic E-state index is 0.284. The highest BCUT2D eigenvalue weighted by molar-refractivity contribution is 5.50. The number of anilines is 1. The van der Waals surface area contributed by atoms with Crippen molar-refractivity contribution < 1.29 is 4.74 Å². The fourth-order valence-electron chi connectivity index (χ4n) is 2.35. The van der Waals surface area contributed by atoms with Gasteiger partial charge in [-0.25, -0.2) is 0 Å². The van der Waals surface area contributed by atoms with E-state index in [2.05, 4.69) is 48.3 Å². The second-order valence-electron chi connectivity index (χ2n) is 5.28. The summed E-state index contributed by atoms with van der Waals surface area (Å²) in [6, 6.07) is 8.53. The molecule has 2 rings (SSSR count). The van der Waals surface area contributed by atoms with Gasteiger partial charge in [0.2, 0.25) is 0 Å². The summed E-state index contributed by atoms with van der Waals surface area (Å²) in [5, 5.41) is 3.45. The maximum absolute atomic E-state index is 5.91. The molecule has 0 bridgehead atoms. The number of nitrogens with zero attached hydrogens (tertiary/aromatic N) is 1. The Labute approximate surface area is 116 Å². The Morgan fingerprint density at radius 2 is 2.00 bits per heavy atom. The summed E-state index contributed by atoms with van der Waals surface area (Å²) in [5.74, 6) is 0.993. The third kappa shape index (κ3) is 4.43. The standard InChI is InChI=1S/C16H26N2O/c1-3-14(2)19-16-8-4-7-15(13-16)18-11-5-9-17-10-6-12-18/h4,7-8,13-14,17H,3,5-6,9-12H2,1-2H3. The second-order valence-corrected chi connectivity index (χ2v) is 5.28. The molecule has 0 radical (unpaired) electrons. The van der Waals surface area contributed by atoms with Gasteiger partial charge in [0.1, 0.15) is 5.75 Å². The molecular formula is C16H26N2O. The lowest BCUT2D eigenvalue weighted by Gasteiger charge is -2.27. The van der Waals surface area contributed by atoms with E-state index in [1.807, 2.05) is 0 Å². The molecule has 106 valence electrons. The Morgan fingerprint density at radius 3 is 2.68 bits per heavy atom. The van der Waals surface area contributed by atoms with Crippen LogP contribution in [-0.4, -0.2) is 32.3 Å². The molecule has 1 saturated heterocycles. The van der Waals surface area contributed by atoms with Gasteiger partial charge >= 0.3 is 0 Å². The maximum Gasteiger partial charge on any atom is 0.121 e. The molecule has 3 nitrogen and oxygen atoms in total. The molecule has 1 aromatic rings. The number of ether oxygens (including phenoxy) is 1. The molecular weight excluding hydrogens is 236 g/mol. The van der Waals surface area contributed by atoms with Crippen molar-refractivity contribution in [2.75, 3.05) is 31.1 Å². The van der Waals surface area contributed by atoms with Crippen LogP contribution in [0.5, 0.6) is 5.75 Å². The van der Waals surface area contributed by atoms with E-state index >= 15 is 0 Å². The zero-order chi connectivity index (χ0) is 13.5. The van der Waals surface area contributed by atoms with Crippen molar-refractivity contribution in [3.05, 3.63) is 24.3 Å². The summed E-state index contributed by atoms with van der Waals surface area (Å²) in [6.07, 6.45) is 3.73. The van der Waals surface area contributed by atoms with Gasteiger partial charge in [-0.05, 0) is 51.4 Å². The quantitative estimate of drug-likeness (QED) is 0.902. The second kappa shape index (κ2) is 7.39. The van der Waals surface area contributed by atoms with Gasteiger partial charge in [0.15, 0.2) is 0 Å². The Hall–Kier alpha value is -1.22. The molecule has 1 atom stereocenters. The highest BCUT2D eigenvalue weighted by atomic mass is 16.5. The molecule has 19 heavy (non-hydrogen) atoms. The summed E-state index contributed by atoms with van der Waals surface area (Å²) < 4.78 is 5.91. The molecule has 0 aliphatic carbocycles. The van der Waals surface area contributed by atoms with Gasteiger partial charge in [-0.15, -0.1) is 0 Å². The molecule has 0 saturated carbocycles. The zero-order valence-electron chi connectivity index (χ0n) is 12.2. The van der Waals surface area contributed by atoms with Crippen LogP contribution in [0.25, 0.3) is 0 Å². The number of hydrogen-bond acceptors (Lipinski definition) is 3. The van der Waals surface area contributed by atoms with E-state index in [1.165, 1.54) is 18.5 Å². The van der Waals surface area contributed by atoms with Gasteiger partial charge in [-0.2, -0.15) is 0 Å². The minimum Gasteiger partial charge on any atom is -0.491 e. The third-order valence-electron chi connectivity index (χ3n) is 3.66. The lowest BCUT2D eigenvalue weighted by molar-refractivity contribution is 0.217. The van der Waals surface area contributed by atoms with Crippen LogP contribution in [0.2, 0.25) is 0 Å². The van der Waals surface area contributed by atoms with Gasteiger partial charge in [0.25, 0.3) is 0 Å². The summed E-state index contributed by atoms with van der Waals surface area (Å²) in [6.45, 7) is 8.77. The molecule has 1 aromatic carbocycles. The first-order valence-electron chi connectivity index (χ1n) is 7.52. The summed E-state index contributed by atoms with van der Waals surface area (Å²) in [7, 11) is 0. The van der Waals surface area contributed by atoms with E-state index in [0.29, 0.717) is 0 Å². The van der Waals surface area contributed by atoms with Gasteiger partial charge in [-0.1, -0.05) is 13.0 Å². The number of nitrogens with one attached hydrogen (secondary N) is 1. The van der Waals surface area contributed by atoms with Gasteiger partial charge in [-0.3, -0.25) is 0 Å². The van der Waals surface area contributed by atoms with E-state index in [-0.39, 0.29) is 6.10 Å². The van der Waals surface area contributed by atoms with Crippen molar-refractivity contribution in [1.29, 1.82) is 0 Å². The highest BCUT2D eigenvalue weighted by Crippen LogP contribution is 2.23. The van der Waals surface area contributed by atoms with Crippen LogP contribution >= 0.6 is 0 Å². The van der Waals surface area contributed by atoms with Gasteiger partial charge in [0.05, 0.1) is 6.10 Å². The van der Waals surface area contributed by atoms with E-state index < -0.39 is 0 Å². The summed E-state index contributed by atoms with van der Waals surface area (Å²) >= 11 is 0. The van der Waals surface area contributed by atoms with Gasteiger partial charge in [0, 0.05) is 24.8 Å². The van der Waals surface area contributed by atoms with E-state index in [1.54, 1.807) is 0 Å². The zero-order valence-corrected chi connectivity index (χ0v) is 12.2. The average Bonchev–Trinajstić information content (AvgIpc) is 2.38. The monoisotopic (exact) mass is 262 g/mol. The first kappa shape index (κ1) is 14.2. The van der Waals surface area contributed by atoms with Crippen LogP contribution in [-0.2, 0) is 0 Å². The van der Waals surface area contributed by atoms with Crippen molar-refractivity contribution in [1.82, 2.24) is 5.32 Å². The summed E-state index contributed by atoms with van der Waals surface area (Å²) in [4.78, 5) is 2.48. The van der Waals surface area contributed by atoms with Crippen LogP contribution in [0.15, 0.2) is 24.3 Å². The van der Waals surface area contributed by atoms with E-state index in [9.17, 15) is 0 Å². The molecule has 0 amide bonds. The lowest BCUT2D eigenvalue weighted by Crippen LogP contribution is -2.33.